The number of aliphatic hydroxyl groups is 6. The van der Waals surface area contributed by atoms with E-state index in [1.54, 1.807) is 20.8 Å². The average Bonchev–Trinajstić information content (AvgIpc) is 3.36. The summed E-state index contributed by atoms with van der Waals surface area (Å²) in [5.74, 6) is -3.02. The lowest BCUT2D eigenvalue weighted by Gasteiger charge is -2.48. The van der Waals surface area contributed by atoms with Gasteiger partial charge in [-0.3, -0.25) is 4.79 Å². The molecule has 0 aliphatic carbocycles. The molecule has 14 nitrogen and oxygen atoms in total. The Morgan fingerprint density at radius 1 is 0.980 bits per heavy atom. The second kappa shape index (κ2) is 15.7. The van der Waals surface area contributed by atoms with E-state index in [9.17, 15) is 35.4 Å². The Bertz CT molecular complexity index is 1240. The third-order valence-corrected chi connectivity index (χ3v) is 11.9. The summed E-state index contributed by atoms with van der Waals surface area (Å²) in [6, 6.07) is -0.261. The Hall–Kier alpha value is -1.43. The van der Waals surface area contributed by atoms with Crippen LogP contribution < -0.4 is 0 Å². The van der Waals surface area contributed by atoms with E-state index in [0.717, 1.165) is 5.57 Å². The number of rotatable bonds is 7. The lowest BCUT2D eigenvalue weighted by atomic mass is 9.78. The Morgan fingerprint density at radius 2 is 1.61 bits per heavy atom. The van der Waals surface area contributed by atoms with Crippen molar-refractivity contribution in [2.75, 3.05) is 13.6 Å². The summed E-state index contributed by atoms with van der Waals surface area (Å²) in [7, 11) is 1.93. The zero-order valence-electron chi connectivity index (χ0n) is 32.5. The van der Waals surface area contributed by atoms with Crippen molar-refractivity contribution in [1.82, 2.24) is 4.90 Å². The highest BCUT2D eigenvalue weighted by Crippen LogP contribution is 2.47. The number of esters is 1. The van der Waals surface area contributed by atoms with Gasteiger partial charge in [-0.15, -0.1) is 0 Å². The van der Waals surface area contributed by atoms with Gasteiger partial charge in [0.2, 0.25) is 0 Å². The minimum absolute atomic E-state index is 0.116. The molecule has 0 unspecified atom stereocenters. The van der Waals surface area contributed by atoms with Gasteiger partial charge < -0.3 is 64.0 Å². The average molecular weight is 732 g/mol. The number of hydrogen-bond donors (Lipinski definition) is 6. The standard InChI is InChI=1S/C37H65NO13/c1-13-38(12)24-14-18(3)46-34(26(24)40)50-31-20(5)28(48-25-16-35(9,44)30(42)23(8)47-25)21(6)33(43)49-32(22(7)39)37(11,45)29(41)19(4)27-17(2)15-36(31,10)51-27/h18-26,28-32,34,39-42,44-45H,13-16H2,1-12H3/t18-,19+,20+,21-,22+,23+,24+,25+,26-,28+,29-,30+,31-,32-,34+,35-,36-,37+/m1/s1. The molecule has 4 aliphatic rings. The quantitative estimate of drug-likeness (QED) is 0.207. The van der Waals surface area contributed by atoms with Crippen molar-refractivity contribution >= 4 is 5.97 Å². The molecular formula is C37H65NO13. The number of aliphatic hydroxyl groups excluding tert-OH is 4. The fourth-order valence-electron chi connectivity index (χ4n) is 8.75. The third-order valence-electron chi connectivity index (χ3n) is 11.9. The molecule has 6 N–H and O–H groups in total. The van der Waals surface area contributed by atoms with Crippen molar-refractivity contribution in [1.29, 1.82) is 0 Å². The summed E-state index contributed by atoms with van der Waals surface area (Å²) >= 11 is 0. The maximum atomic E-state index is 14.1. The maximum Gasteiger partial charge on any atom is 0.311 e. The minimum atomic E-state index is -2.11. The van der Waals surface area contributed by atoms with Gasteiger partial charge in [0.05, 0.1) is 42.0 Å². The first-order valence-corrected chi connectivity index (χ1v) is 18.5. The molecule has 296 valence electrons. The van der Waals surface area contributed by atoms with Crippen LogP contribution in [0.2, 0.25) is 0 Å². The molecule has 0 aromatic carbocycles. The van der Waals surface area contributed by atoms with Gasteiger partial charge in [0.25, 0.3) is 0 Å². The summed E-state index contributed by atoms with van der Waals surface area (Å²) in [6.07, 6.45) is -11.1. The van der Waals surface area contributed by atoms with Crippen LogP contribution in [0, 0.1) is 17.8 Å². The van der Waals surface area contributed by atoms with E-state index in [2.05, 4.69) is 0 Å². The first-order valence-electron chi connectivity index (χ1n) is 18.5. The maximum absolute atomic E-state index is 14.1. The molecule has 0 aromatic heterocycles. The van der Waals surface area contributed by atoms with Crippen LogP contribution in [0.5, 0.6) is 0 Å². The highest BCUT2D eigenvalue weighted by molar-refractivity contribution is 5.73. The monoisotopic (exact) mass is 731 g/mol. The van der Waals surface area contributed by atoms with Crippen molar-refractivity contribution in [3.63, 3.8) is 0 Å². The summed E-state index contributed by atoms with van der Waals surface area (Å²) in [6.45, 7) is 19.2. The molecule has 14 heteroatoms. The van der Waals surface area contributed by atoms with Crippen molar-refractivity contribution in [3.8, 4) is 0 Å². The molecule has 3 saturated heterocycles. The van der Waals surface area contributed by atoms with Crippen LogP contribution in [-0.2, 0) is 33.2 Å². The number of hydrogen-bond acceptors (Lipinski definition) is 14. The fraction of sp³-hybridized carbons (Fsp3) is 0.919. The molecule has 51 heavy (non-hydrogen) atoms. The van der Waals surface area contributed by atoms with E-state index in [0.29, 0.717) is 25.1 Å². The van der Waals surface area contributed by atoms with Crippen molar-refractivity contribution in [2.24, 2.45) is 17.8 Å². The van der Waals surface area contributed by atoms with Gasteiger partial charge in [-0.25, -0.2) is 0 Å². The van der Waals surface area contributed by atoms with E-state index in [1.165, 1.54) is 20.8 Å². The van der Waals surface area contributed by atoms with Crippen LogP contribution in [0.1, 0.15) is 95.4 Å². The molecule has 0 radical (unpaired) electrons. The second-order valence-electron chi connectivity index (χ2n) is 16.6. The molecule has 2 bridgehead atoms. The smallest absolute Gasteiger partial charge is 0.311 e. The third kappa shape index (κ3) is 8.46. The molecule has 18 atom stereocenters. The highest BCUT2D eigenvalue weighted by Gasteiger charge is 2.56. The summed E-state index contributed by atoms with van der Waals surface area (Å²) in [5, 5.41) is 67.5. The molecule has 4 rings (SSSR count). The van der Waals surface area contributed by atoms with Crippen molar-refractivity contribution < 1.29 is 63.9 Å². The van der Waals surface area contributed by atoms with Gasteiger partial charge in [0, 0.05) is 30.7 Å². The van der Waals surface area contributed by atoms with E-state index in [-0.39, 0.29) is 18.6 Å². The molecule has 3 fully saturated rings. The lowest BCUT2D eigenvalue weighted by Crippen LogP contribution is -2.60. The number of carbonyl (C=O) groups is 1. The van der Waals surface area contributed by atoms with Crippen LogP contribution in [0.3, 0.4) is 0 Å². The van der Waals surface area contributed by atoms with Gasteiger partial charge in [0.15, 0.2) is 18.7 Å². The molecule has 0 saturated carbocycles. The number of likely N-dealkylation sites (N-methyl/N-ethyl adjacent to an activating group) is 1. The Balaban J connectivity index is 1.85. The van der Waals surface area contributed by atoms with E-state index < -0.39 is 102 Å². The first kappa shape index (κ1) is 42.3. The van der Waals surface area contributed by atoms with Crippen LogP contribution in [0.25, 0.3) is 0 Å². The van der Waals surface area contributed by atoms with Crippen LogP contribution >= 0.6 is 0 Å². The summed E-state index contributed by atoms with van der Waals surface area (Å²) < 4.78 is 38.3. The molecule has 0 aromatic rings. The van der Waals surface area contributed by atoms with Gasteiger partial charge in [0.1, 0.15) is 35.3 Å². The molecule has 0 spiro atoms. The predicted octanol–water partition coefficient (Wildman–Crippen LogP) is 1.60. The van der Waals surface area contributed by atoms with Gasteiger partial charge in [-0.05, 0) is 81.0 Å². The largest absolute Gasteiger partial charge is 0.489 e. The van der Waals surface area contributed by atoms with E-state index in [1.807, 2.05) is 46.6 Å². The van der Waals surface area contributed by atoms with Crippen LogP contribution in [0.4, 0.5) is 0 Å². The van der Waals surface area contributed by atoms with Crippen LogP contribution in [-0.4, -0.2) is 145 Å². The minimum Gasteiger partial charge on any atom is -0.489 e. The Kier molecular flexibility index (Phi) is 13.1. The highest BCUT2D eigenvalue weighted by atomic mass is 16.7. The summed E-state index contributed by atoms with van der Waals surface area (Å²) in [5.41, 5.74) is -4.04. The second-order valence-corrected chi connectivity index (χ2v) is 16.6. The Labute approximate surface area is 303 Å². The lowest BCUT2D eigenvalue weighted by molar-refractivity contribution is -0.315. The SMILES string of the molecule is CCN(C)[C@H]1C[C@@H](C)O[C@@H](O[C@@H]2[C@@H](C)[C@H](O[C@H]3C[C@@](C)(O)[C@@H](O)[C@H](C)O3)[C@@H](C)C(=O)O[C@H]([C@H](C)O)[C@@](C)(O)[C@H](O)[C@@H](C)C3=C(C)C[C@@]2(C)O3)[C@@H]1O. The number of carbonyl (C=O) groups excluding carboxylic acids is 1. The molecular weight excluding hydrogens is 666 g/mol. The van der Waals surface area contributed by atoms with Crippen molar-refractivity contribution in [2.45, 2.75) is 186 Å². The molecule has 4 aliphatic heterocycles. The number of ether oxygens (including phenoxy) is 6. The number of nitrogens with zero attached hydrogens (tertiary/aromatic N) is 1. The molecule has 4 heterocycles. The van der Waals surface area contributed by atoms with E-state index in [4.69, 9.17) is 28.4 Å². The van der Waals surface area contributed by atoms with Gasteiger partial charge in [-0.2, -0.15) is 0 Å². The molecule has 0 amide bonds. The van der Waals surface area contributed by atoms with Gasteiger partial charge in [-0.1, -0.05) is 20.8 Å². The predicted molar refractivity (Wildman–Crippen MR) is 185 cm³/mol. The Morgan fingerprint density at radius 3 is 2.18 bits per heavy atom. The van der Waals surface area contributed by atoms with Crippen molar-refractivity contribution in [3.05, 3.63) is 11.3 Å². The first-order chi connectivity index (χ1) is 23.5. The number of cyclic esters (lactones) is 1. The zero-order chi connectivity index (χ0) is 38.5. The van der Waals surface area contributed by atoms with Gasteiger partial charge >= 0.3 is 5.97 Å². The normalized spacial score (nSPS) is 49.4. The van der Waals surface area contributed by atoms with Crippen LogP contribution in [0.15, 0.2) is 11.3 Å². The fourth-order valence-corrected chi connectivity index (χ4v) is 8.75. The zero-order valence-corrected chi connectivity index (χ0v) is 32.5. The topological polar surface area (TPSA) is 197 Å². The number of fused-ring (bicyclic) bond motifs is 2. The van der Waals surface area contributed by atoms with E-state index >= 15 is 0 Å². The summed E-state index contributed by atoms with van der Waals surface area (Å²) in [4.78, 5) is 16.1.